The Labute approximate surface area is 201 Å². The van der Waals surface area contributed by atoms with E-state index in [4.69, 9.17) is 21.3 Å². The molecule has 9 nitrogen and oxygen atoms in total. The van der Waals surface area contributed by atoms with Gasteiger partial charge in [-0.25, -0.2) is 14.6 Å². The van der Waals surface area contributed by atoms with Gasteiger partial charge in [0.05, 0.1) is 35.0 Å². The Hall–Kier alpha value is -3.69. The molecule has 0 bridgehead atoms. The molecule has 174 valence electrons. The predicted molar refractivity (Wildman–Crippen MR) is 127 cm³/mol. The number of amides is 1. The van der Waals surface area contributed by atoms with Gasteiger partial charge in [-0.15, -0.1) is 0 Å². The topological polar surface area (TPSA) is 107 Å². The Balaban J connectivity index is 1.56. The van der Waals surface area contributed by atoms with Crippen LogP contribution in [0.4, 0.5) is 0 Å². The number of rotatable bonds is 5. The van der Waals surface area contributed by atoms with Gasteiger partial charge < -0.3 is 19.7 Å². The molecule has 0 fully saturated rings. The smallest absolute Gasteiger partial charge is 0.251 e. The average molecular weight is 479 g/mol. The summed E-state index contributed by atoms with van der Waals surface area (Å²) in [6, 6.07) is 12.6. The van der Waals surface area contributed by atoms with Crippen LogP contribution in [0.1, 0.15) is 24.2 Å². The zero-order valence-electron chi connectivity index (χ0n) is 18.7. The Morgan fingerprint density at radius 1 is 1.24 bits per heavy atom. The highest BCUT2D eigenvalue weighted by atomic mass is 35.5. The van der Waals surface area contributed by atoms with Crippen molar-refractivity contribution in [3.63, 3.8) is 0 Å². The molecule has 0 unspecified atom stereocenters. The molecule has 0 saturated carbocycles. The molecule has 1 amide bonds. The van der Waals surface area contributed by atoms with Gasteiger partial charge in [0.15, 0.2) is 5.82 Å². The highest BCUT2D eigenvalue weighted by molar-refractivity contribution is 6.32. The lowest BCUT2D eigenvalue weighted by Gasteiger charge is -2.23. The van der Waals surface area contributed by atoms with Crippen molar-refractivity contribution in [3.05, 3.63) is 65.6 Å². The molecule has 2 N–H and O–H groups in total. The third kappa shape index (κ3) is 4.04. The first kappa shape index (κ1) is 22.1. The van der Waals surface area contributed by atoms with Crippen LogP contribution in [0.25, 0.3) is 28.6 Å². The zero-order chi connectivity index (χ0) is 23.9. The molecule has 0 spiro atoms. The molecule has 0 radical (unpaired) electrons. The van der Waals surface area contributed by atoms with E-state index >= 15 is 0 Å². The number of carbonyl (C=O) groups is 1. The molecule has 10 heteroatoms. The Bertz CT molecular complexity index is 1380. The van der Waals surface area contributed by atoms with E-state index in [1.807, 2.05) is 29.0 Å². The number of aliphatic hydroxyl groups excluding tert-OH is 1. The van der Waals surface area contributed by atoms with E-state index in [9.17, 15) is 9.90 Å². The number of para-hydroxylation sites is 1. The number of fused-ring (bicyclic) bond motifs is 3. The van der Waals surface area contributed by atoms with Gasteiger partial charge in [-0.05, 0) is 44.2 Å². The number of imidazole rings is 1. The van der Waals surface area contributed by atoms with E-state index in [-0.39, 0.29) is 12.5 Å². The first-order chi connectivity index (χ1) is 16.4. The quantitative estimate of drug-likeness (QED) is 0.455. The molecular formula is C24H23ClN6O3. The molecule has 2 aromatic carbocycles. The predicted octanol–water partition coefficient (Wildman–Crippen LogP) is 3.34. The van der Waals surface area contributed by atoms with E-state index in [1.54, 1.807) is 42.8 Å². The number of benzene rings is 2. The van der Waals surface area contributed by atoms with Crippen molar-refractivity contribution in [2.75, 3.05) is 13.2 Å². The molecule has 2 aromatic heterocycles. The number of aromatic nitrogens is 5. The number of nitrogens with zero attached hydrogens (tertiary/aromatic N) is 5. The summed E-state index contributed by atoms with van der Waals surface area (Å²) in [6.07, 6.45) is 3.36. The second-order valence-corrected chi connectivity index (χ2v) is 9.05. The van der Waals surface area contributed by atoms with Gasteiger partial charge in [-0.1, -0.05) is 23.7 Å². The Morgan fingerprint density at radius 3 is 2.85 bits per heavy atom. The number of nitrogens with one attached hydrogen (secondary N) is 1. The minimum Gasteiger partial charge on any atom is -0.491 e. The molecule has 0 atom stereocenters. The van der Waals surface area contributed by atoms with Crippen LogP contribution in [0.5, 0.6) is 5.75 Å². The van der Waals surface area contributed by atoms with E-state index in [0.717, 1.165) is 0 Å². The molecule has 3 heterocycles. The maximum Gasteiger partial charge on any atom is 0.251 e. The fraction of sp³-hybridized carbons (Fsp3) is 0.250. The van der Waals surface area contributed by atoms with Crippen LogP contribution in [-0.2, 0) is 6.54 Å². The van der Waals surface area contributed by atoms with Gasteiger partial charge in [-0.2, -0.15) is 5.10 Å². The normalized spacial score (nSPS) is 12.9. The largest absolute Gasteiger partial charge is 0.491 e. The summed E-state index contributed by atoms with van der Waals surface area (Å²) in [4.78, 5) is 22.1. The molecule has 0 saturated heterocycles. The van der Waals surface area contributed by atoms with Gasteiger partial charge in [0.2, 0.25) is 0 Å². The second kappa shape index (κ2) is 8.58. The van der Waals surface area contributed by atoms with Crippen molar-refractivity contribution in [1.82, 2.24) is 29.6 Å². The van der Waals surface area contributed by atoms with Gasteiger partial charge in [-0.3, -0.25) is 4.79 Å². The van der Waals surface area contributed by atoms with E-state index in [1.165, 1.54) is 6.33 Å². The maximum atomic E-state index is 12.8. The summed E-state index contributed by atoms with van der Waals surface area (Å²) in [7, 11) is 0. The van der Waals surface area contributed by atoms with Crippen molar-refractivity contribution in [2.24, 2.45) is 0 Å². The van der Waals surface area contributed by atoms with E-state index < -0.39 is 5.54 Å². The number of aliphatic hydroxyl groups is 1. The van der Waals surface area contributed by atoms with Gasteiger partial charge in [0.1, 0.15) is 30.2 Å². The van der Waals surface area contributed by atoms with Gasteiger partial charge >= 0.3 is 0 Å². The van der Waals surface area contributed by atoms with E-state index in [0.29, 0.717) is 58.1 Å². The SMILES string of the molecule is CC(C)(CO)NC(=O)c1ccc2c(c1)-c1nc(-c3ncnn3-c3ccccc3Cl)cn1CCO2. The van der Waals surface area contributed by atoms with Crippen LogP contribution >= 0.6 is 11.6 Å². The van der Waals surface area contributed by atoms with Crippen LogP contribution in [0.2, 0.25) is 5.02 Å². The lowest BCUT2D eigenvalue weighted by atomic mass is 10.0. The number of hydrogen-bond acceptors (Lipinski definition) is 6. The summed E-state index contributed by atoms with van der Waals surface area (Å²) in [5.41, 5.74) is 1.73. The zero-order valence-corrected chi connectivity index (χ0v) is 19.5. The van der Waals surface area contributed by atoms with Crippen molar-refractivity contribution >= 4 is 17.5 Å². The fourth-order valence-corrected chi connectivity index (χ4v) is 3.99. The third-order valence-electron chi connectivity index (χ3n) is 5.55. The first-order valence-corrected chi connectivity index (χ1v) is 11.2. The van der Waals surface area contributed by atoms with Crippen LogP contribution in [-0.4, -0.2) is 54.1 Å². The van der Waals surface area contributed by atoms with Crippen LogP contribution in [0.3, 0.4) is 0 Å². The fourth-order valence-electron chi connectivity index (χ4n) is 3.77. The molecule has 1 aliphatic rings. The molecule has 4 aromatic rings. The summed E-state index contributed by atoms with van der Waals surface area (Å²) in [5, 5.41) is 17.2. The first-order valence-electron chi connectivity index (χ1n) is 10.8. The number of carbonyl (C=O) groups excluding carboxylic acids is 1. The maximum absolute atomic E-state index is 12.8. The van der Waals surface area contributed by atoms with E-state index in [2.05, 4.69) is 15.4 Å². The molecule has 1 aliphatic heterocycles. The highest BCUT2D eigenvalue weighted by Crippen LogP contribution is 2.35. The summed E-state index contributed by atoms with van der Waals surface area (Å²) < 4.78 is 9.54. The summed E-state index contributed by atoms with van der Waals surface area (Å²) in [5.74, 6) is 1.56. The molecule has 5 rings (SSSR count). The monoisotopic (exact) mass is 478 g/mol. The van der Waals surface area contributed by atoms with Crippen molar-refractivity contribution in [3.8, 4) is 34.3 Å². The second-order valence-electron chi connectivity index (χ2n) is 8.65. The number of ether oxygens (including phenoxy) is 1. The average Bonchev–Trinajstić information content (AvgIpc) is 3.43. The van der Waals surface area contributed by atoms with Crippen LogP contribution in [0, 0.1) is 0 Å². The summed E-state index contributed by atoms with van der Waals surface area (Å²) >= 11 is 6.38. The van der Waals surface area contributed by atoms with Crippen molar-refractivity contribution < 1.29 is 14.6 Å². The van der Waals surface area contributed by atoms with Gasteiger partial charge in [0, 0.05) is 11.8 Å². The molecular weight excluding hydrogens is 456 g/mol. The minimum atomic E-state index is -0.741. The highest BCUT2D eigenvalue weighted by Gasteiger charge is 2.25. The third-order valence-corrected chi connectivity index (χ3v) is 5.87. The Morgan fingerprint density at radius 2 is 2.06 bits per heavy atom. The lowest BCUT2D eigenvalue weighted by molar-refractivity contribution is 0.0869. The minimum absolute atomic E-state index is 0.174. The van der Waals surface area contributed by atoms with Crippen molar-refractivity contribution in [2.45, 2.75) is 25.9 Å². The standard InChI is InChI=1S/C24H23ClN6O3/c1-24(2,13-32)29-23(33)15-7-8-20-16(11-15)21-28-18(12-30(21)9-10-34-20)22-26-14-27-31(22)19-6-4-3-5-17(19)25/h3-8,11-12,14,32H,9-10,13H2,1-2H3,(H,29,33). The summed E-state index contributed by atoms with van der Waals surface area (Å²) in [6.45, 7) is 4.37. The lowest BCUT2D eigenvalue weighted by Crippen LogP contribution is -2.46. The number of halogens is 1. The van der Waals surface area contributed by atoms with Crippen molar-refractivity contribution in [1.29, 1.82) is 0 Å². The van der Waals surface area contributed by atoms with Crippen LogP contribution in [0.15, 0.2) is 55.0 Å². The van der Waals surface area contributed by atoms with Crippen LogP contribution < -0.4 is 10.1 Å². The Kier molecular flexibility index (Phi) is 5.59. The molecule has 0 aliphatic carbocycles. The van der Waals surface area contributed by atoms with Gasteiger partial charge in [0.25, 0.3) is 5.91 Å². The number of hydrogen-bond donors (Lipinski definition) is 2. The molecule has 34 heavy (non-hydrogen) atoms.